The van der Waals surface area contributed by atoms with Gasteiger partial charge in [-0.2, -0.15) is 0 Å². The van der Waals surface area contributed by atoms with Crippen LogP contribution in [0, 0.1) is 5.82 Å². The lowest BCUT2D eigenvalue weighted by Crippen LogP contribution is -2.28. The molecule has 1 amide bonds. The van der Waals surface area contributed by atoms with E-state index in [2.05, 4.69) is 0 Å². The number of rotatable bonds is 3. The maximum absolute atomic E-state index is 13.9. The molecule has 2 nitrogen and oxygen atoms in total. The third-order valence-corrected chi connectivity index (χ3v) is 4.57. The third kappa shape index (κ3) is 2.56. The molecule has 3 rings (SSSR count). The Bertz CT molecular complexity index is 617. The molecule has 102 valence electrons. The second-order valence-electron chi connectivity index (χ2n) is 4.69. The fourth-order valence-electron chi connectivity index (χ4n) is 2.34. The van der Waals surface area contributed by atoms with Gasteiger partial charge in [0.15, 0.2) is 0 Å². The maximum Gasteiger partial charge on any atom is 0.234 e. The summed E-state index contributed by atoms with van der Waals surface area (Å²) in [5, 5.41) is -0.232. The number of hydrogen-bond acceptors (Lipinski definition) is 2. The van der Waals surface area contributed by atoms with E-state index in [1.165, 1.54) is 17.8 Å². The lowest BCUT2D eigenvalue weighted by Gasteiger charge is -2.24. The zero-order chi connectivity index (χ0) is 13.9. The van der Waals surface area contributed by atoms with Gasteiger partial charge in [0.1, 0.15) is 11.2 Å². The third-order valence-electron chi connectivity index (χ3n) is 3.34. The normalized spacial score (nSPS) is 18.6. The van der Waals surface area contributed by atoms with Crippen LogP contribution >= 0.6 is 11.8 Å². The molecule has 1 atom stereocenters. The minimum absolute atomic E-state index is 0.0621. The van der Waals surface area contributed by atoms with Crippen molar-refractivity contribution in [2.24, 2.45) is 0 Å². The summed E-state index contributed by atoms with van der Waals surface area (Å²) in [4.78, 5) is 13.8. The quantitative estimate of drug-likeness (QED) is 0.859. The fraction of sp³-hybridized carbons (Fsp3) is 0.188. The summed E-state index contributed by atoms with van der Waals surface area (Å²) in [6, 6.07) is 16.5. The van der Waals surface area contributed by atoms with E-state index in [4.69, 9.17) is 0 Å². The van der Waals surface area contributed by atoms with Crippen LogP contribution in [0.2, 0.25) is 0 Å². The van der Waals surface area contributed by atoms with Crippen LogP contribution in [0.25, 0.3) is 0 Å². The van der Waals surface area contributed by atoms with Gasteiger partial charge in [-0.25, -0.2) is 4.39 Å². The molecule has 2 aromatic carbocycles. The molecule has 1 aliphatic rings. The first-order valence-electron chi connectivity index (χ1n) is 6.45. The van der Waals surface area contributed by atoms with Crippen molar-refractivity contribution >= 4 is 17.7 Å². The summed E-state index contributed by atoms with van der Waals surface area (Å²) in [6.07, 6.45) is 0. The average Bonchev–Trinajstić information content (AvgIpc) is 2.82. The average molecular weight is 287 g/mol. The number of amides is 1. The topological polar surface area (TPSA) is 20.3 Å². The maximum atomic E-state index is 13.9. The molecule has 1 heterocycles. The Kier molecular flexibility index (Phi) is 3.74. The van der Waals surface area contributed by atoms with Crippen LogP contribution in [0.3, 0.4) is 0 Å². The van der Waals surface area contributed by atoms with Gasteiger partial charge >= 0.3 is 0 Å². The van der Waals surface area contributed by atoms with E-state index in [0.29, 0.717) is 17.9 Å². The lowest BCUT2D eigenvalue weighted by atomic mass is 10.1. The van der Waals surface area contributed by atoms with Crippen molar-refractivity contribution in [1.29, 1.82) is 0 Å². The molecule has 0 N–H and O–H groups in total. The molecule has 0 spiro atoms. The second kappa shape index (κ2) is 5.67. The summed E-state index contributed by atoms with van der Waals surface area (Å²) in [5.74, 6) is 0.219. The summed E-state index contributed by atoms with van der Waals surface area (Å²) >= 11 is 1.48. The number of carbonyl (C=O) groups is 1. The summed E-state index contributed by atoms with van der Waals surface area (Å²) in [6.45, 7) is 0.520. The molecule has 1 fully saturated rings. The number of nitrogens with zero attached hydrogens (tertiary/aromatic N) is 1. The predicted molar refractivity (Wildman–Crippen MR) is 78.6 cm³/mol. The van der Waals surface area contributed by atoms with Crippen molar-refractivity contribution in [3.8, 4) is 0 Å². The van der Waals surface area contributed by atoms with Gasteiger partial charge in [0, 0.05) is 12.1 Å². The van der Waals surface area contributed by atoms with Crippen molar-refractivity contribution in [1.82, 2.24) is 4.90 Å². The lowest BCUT2D eigenvalue weighted by molar-refractivity contribution is -0.128. The molecule has 4 heteroatoms. The van der Waals surface area contributed by atoms with Gasteiger partial charge < -0.3 is 4.90 Å². The van der Waals surface area contributed by atoms with Crippen molar-refractivity contribution in [3.05, 3.63) is 71.5 Å². The molecule has 0 unspecified atom stereocenters. The van der Waals surface area contributed by atoms with Crippen molar-refractivity contribution in [2.45, 2.75) is 11.9 Å². The molecule has 0 aliphatic carbocycles. The Morgan fingerprint density at radius 2 is 1.80 bits per heavy atom. The molecule has 2 aromatic rings. The molecule has 0 bridgehead atoms. The van der Waals surface area contributed by atoms with Crippen LogP contribution in [-0.4, -0.2) is 16.6 Å². The number of thioether (sulfide) groups is 1. The first-order valence-corrected chi connectivity index (χ1v) is 7.50. The van der Waals surface area contributed by atoms with E-state index in [-0.39, 0.29) is 17.1 Å². The minimum atomic E-state index is -0.252. The monoisotopic (exact) mass is 287 g/mol. The highest BCUT2D eigenvalue weighted by atomic mass is 32.2. The van der Waals surface area contributed by atoms with Crippen molar-refractivity contribution in [2.75, 3.05) is 5.75 Å². The summed E-state index contributed by atoms with van der Waals surface area (Å²) in [5.41, 5.74) is 1.64. The van der Waals surface area contributed by atoms with Gasteiger partial charge in [0.25, 0.3) is 0 Å². The molecular formula is C16H14FNOS. The smallest absolute Gasteiger partial charge is 0.234 e. The largest absolute Gasteiger partial charge is 0.321 e. The Morgan fingerprint density at radius 3 is 2.55 bits per heavy atom. The highest BCUT2D eigenvalue weighted by Crippen LogP contribution is 2.40. The van der Waals surface area contributed by atoms with Crippen LogP contribution in [0.5, 0.6) is 0 Å². The van der Waals surface area contributed by atoms with Gasteiger partial charge in [0.05, 0.1) is 5.75 Å². The van der Waals surface area contributed by atoms with E-state index < -0.39 is 0 Å². The zero-order valence-electron chi connectivity index (χ0n) is 10.8. The van der Waals surface area contributed by atoms with E-state index in [9.17, 15) is 9.18 Å². The molecule has 1 aliphatic heterocycles. The zero-order valence-corrected chi connectivity index (χ0v) is 11.6. The summed E-state index contributed by atoms with van der Waals surface area (Å²) < 4.78 is 13.9. The first kappa shape index (κ1) is 13.2. The number of benzene rings is 2. The van der Waals surface area contributed by atoms with E-state index in [1.807, 2.05) is 36.4 Å². The van der Waals surface area contributed by atoms with Crippen LogP contribution in [0.1, 0.15) is 16.5 Å². The number of hydrogen-bond donors (Lipinski definition) is 0. The molecule has 0 aromatic heterocycles. The highest BCUT2D eigenvalue weighted by Gasteiger charge is 2.34. The molecule has 0 radical (unpaired) electrons. The van der Waals surface area contributed by atoms with Gasteiger partial charge in [-0.05, 0) is 11.6 Å². The Labute approximate surface area is 121 Å². The Morgan fingerprint density at radius 1 is 1.10 bits per heavy atom. The van der Waals surface area contributed by atoms with Crippen molar-refractivity contribution in [3.63, 3.8) is 0 Å². The number of halogens is 1. The Hall–Kier alpha value is -1.81. The van der Waals surface area contributed by atoms with Gasteiger partial charge in [-0.15, -0.1) is 11.8 Å². The minimum Gasteiger partial charge on any atom is -0.321 e. The standard InChI is InChI=1S/C16H14FNOS/c17-14-9-5-4-8-13(14)16-18(15(19)11-20-16)10-12-6-2-1-3-7-12/h1-9,16H,10-11H2/t16-/m0/s1. The highest BCUT2D eigenvalue weighted by molar-refractivity contribution is 8.00. The van der Waals surface area contributed by atoms with Gasteiger partial charge in [-0.3, -0.25) is 4.79 Å². The van der Waals surface area contributed by atoms with Gasteiger partial charge in [0.2, 0.25) is 5.91 Å². The fourth-order valence-corrected chi connectivity index (χ4v) is 3.55. The SMILES string of the molecule is O=C1CS[C@@H](c2ccccc2F)N1Cc1ccccc1. The molecule has 0 saturated carbocycles. The van der Waals surface area contributed by atoms with E-state index in [1.54, 1.807) is 17.0 Å². The predicted octanol–water partition coefficient (Wildman–Crippen LogP) is 3.60. The van der Waals surface area contributed by atoms with Crippen LogP contribution in [0.15, 0.2) is 54.6 Å². The Balaban J connectivity index is 1.88. The van der Waals surface area contributed by atoms with E-state index in [0.717, 1.165) is 5.56 Å². The molecular weight excluding hydrogens is 273 g/mol. The number of carbonyl (C=O) groups excluding carboxylic acids is 1. The van der Waals surface area contributed by atoms with Crippen LogP contribution < -0.4 is 0 Å². The second-order valence-corrected chi connectivity index (χ2v) is 5.76. The summed E-state index contributed by atoms with van der Waals surface area (Å²) in [7, 11) is 0. The molecule has 20 heavy (non-hydrogen) atoms. The molecule has 1 saturated heterocycles. The van der Waals surface area contributed by atoms with Crippen LogP contribution in [0.4, 0.5) is 4.39 Å². The van der Waals surface area contributed by atoms with Gasteiger partial charge in [-0.1, -0.05) is 48.5 Å². The van der Waals surface area contributed by atoms with Crippen molar-refractivity contribution < 1.29 is 9.18 Å². The van der Waals surface area contributed by atoms with Crippen LogP contribution in [-0.2, 0) is 11.3 Å². The first-order chi connectivity index (χ1) is 9.75. The van der Waals surface area contributed by atoms with E-state index >= 15 is 0 Å².